The van der Waals surface area contributed by atoms with Crippen molar-refractivity contribution in [2.75, 3.05) is 13.7 Å². The Morgan fingerprint density at radius 3 is 2.68 bits per heavy atom. The number of aryl methyl sites for hydroxylation is 2. The van der Waals surface area contributed by atoms with Gasteiger partial charge in [0.25, 0.3) is 0 Å². The number of hydrazone groups is 1. The Balaban J connectivity index is 1.58. The molecule has 37 heavy (non-hydrogen) atoms. The van der Waals surface area contributed by atoms with Gasteiger partial charge in [0.2, 0.25) is 0 Å². The van der Waals surface area contributed by atoms with Gasteiger partial charge in [0.05, 0.1) is 12.7 Å². The van der Waals surface area contributed by atoms with E-state index in [4.69, 9.17) is 9.84 Å². The van der Waals surface area contributed by atoms with Crippen molar-refractivity contribution in [3.05, 3.63) is 77.1 Å². The molecule has 2 aromatic rings. The number of ether oxygens (including phenoxy) is 1. The van der Waals surface area contributed by atoms with Crippen molar-refractivity contribution >= 4 is 18.0 Å². The van der Waals surface area contributed by atoms with Gasteiger partial charge in [-0.3, -0.25) is 10.4 Å². The van der Waals surface area contributed by atoms with E-state index in [-0.39, 0.29) is 0 Å². The molecule has 2 aliphatic rings. The average Bonchev–Trinajstić information content (AvgIpc) is 2.94. The van der Waals surface area contributed by atoms with Gasteiger partial charge in [0, 0.05) is 36.0 Å². The van der Waals surface area contributed by atoms with Crippen LogP contribution in [0.25, 0.3) is 5.57 Å². The molecule has 1 N–H and O–H groups in total. The molecule has 0 bridgehead atoms. The third-order valence-corrected chi connectivity index (χ3v) is 6.90. The van der Waals surface area contributed by atoms with E-state index in [2.05, 4.69) is 76.5 Å². The van der Waals surface area contributed by atoms with E-state index in [0.29, 0.717) is 19.0 Å². The molecule has 0 unspecified atom stereocenters. The summed E-state index contributed by atoms with van der Waals surface area (Å²) in [5.74, 6) is 2.21. The molecule has 4 rings (SSSR count). The molecule has 0 amide bonds. The number of hydrogen-bond donors (Lipinski definition) is 1. The standard InChI is InChI=1S/C30H38N6O/c1-5-24-12-11-22(2)29(19-24)37-27-15-13-25(14-16-27)28-20-32-21-36(30(28)26-9-7-6-8-10-26)33-18-17-23(3)34-35-31-4/h11-16,18-20,26H,3,5-10,17,21H2,1-2,4H3,(H,31,34)/b33-18-. The predicted molar refractivity (Wildman–Crippen MR) is 152 cm³/mol. The minimum Gasteiger partial charge on any atom is -0.457 e. The summed E-state index contributed by atoms with van der Waals surface area (Å²) in [6.45, 7) is 8.73. The first kappa shape index (κ1) is 26.3. The lowest BCUT2D eigenvalue weighted by molar-refractivity contribution is 0.282. The first-order valence-electron chi connectivity index (χ1n) is 13.2. The van der Waals surface area contributed by atoms with Crippen molar-refractivity contribution in [1.82, 2.24) is 10.4 Å². The van der Waals surface area contributed by atoms with Crippen LogP contribution in [0.5, 0.6) is 11.5 Å². The maximum atomic E-state index is 6.25. The fourth-order valence-corrected chi connectivity index (χ4v) is 4.84. The van der Waals surface area contributed by atoms with Gasteiger partial charge in [-0.1, -0.05) is 62.3 Å². The highest BCUT2D eigenvalue weighted by atomic mass is 16.5. The van der Waals surface area contributed by atoms with Crippen LogP contribution >= 0.6 is 0 Å². The zero-order valence-electron chi connectivity index (χ0n) is 22.3. The molecule has 0 aromatic heterocycles. The number of nitrogens with one attached hydrogen (secondary N) is 1. The minimum atomic E-state index is 0.471. The monoisotopic (exact) mass is 498 g/mol. The molecule has 1 saturated carbocycles. The first-order chi connectivity index (χ1) is 18.1. The van der Waals surface area contributed by atoms with Gasteiger partial charge < -0.3 is 4.74 Å². The highest BCUT2D eigenvalue weighted by molar-refractivity contribution is 6.11. The molecule has 7 nitrogen and oxygen atoms in total. The van der Waals surface area contributed by atoms with Crippen LogP contribution in [-0.2, 0) is 6.42 Å². The topological polar surface area (TPSA) is 73.9 Å². The van der Waals surface area contributed by atoms with Crippen molar-refractivity contribution in [3.63, 3.8) is 0 Å². The molecule has 1 fully saturated rings. The highest BCUT2D eigenvalue weighted by Crippen LogP contribution is 2.38. The summed E-state index contributed by atoms with van der Waals surface area (Å²) in [5.41, 5.74) is 9.49. The van der Waals surface area contributed by atoms with Gasteiger partial charge in [-0.2, -0.15) is 10.2 Å². The number of rotatable bonds is 10. The van der Waals surface area contributed by atoms with E-state index in [1.54, 1.807) is 7.05 Å². The normalized spacial score (nSPS) is 16.7. The van der Waals surface area contributed by atoms with Crippen molar-refractivity contribution < 1.29 is 4.74 Å². The molecule has 2 aromatic carbocycles. The van der Waals surface area contributed by atoms with Gasteiger partial charge in [-0.15, -0.1) is 0 Å². The second-order valence-electron chi connectivity index (χ2n) is 9.58. The summed E-state index contributed by atoms with van der Waals surface area (Å²) in [6.07, 6.45) is 11.6. The Kier molecular flexibility index (Phi) is 9.24. The van der Waals surface area contributed by atoms with Gasteiger partial charge in [-0.25, -0.2) is 5.01 Å². The van der Waals surface area contributed by atoms with E-state index >= 15 is 0 Å². The van der Waals surface area contributed by atoms with Gasteiger partial charge in [-0.05, 0) is 61.1 Å². The molecule has 0 atom stereocenters. The van der Waals surface area contributed by atoms with Crippen LogP contribution in [0.1, 0.15) is 62.1 Å². The molecular formula is C30H38N6O. The van der Waals surface area contributed by atoms with Gasteiger partial charge in [0.15, 0.2) is 0 Å². The first-order valence-corrected chi connectivity index (χ1v) is 13.2. The van der Waals surface area contributed by atoms with Crippen molar-refractivity contribution in [2.45, 2.75) is 58.8 Å². The summed E-state index contributed by atoms with van der Waals surface area (Å²) < 4.78 is 6.25. The summed E-state index contributed by atoms with van der Waals surface area (Å²) in [4.78, 5) is 4.66. The number of hydrogen-bond acceptors (Lipinski definition) is 6. The van der Waals surface area contributed by atoms with Crippen LogP contribution in [0.4, 0.5) is 0 Å². The zero-order valence-corrected chi connectivity index (χ0v) is 22.3. The second kappa shape index (κ2) is 13.0. The third-order valence-electron chi connectivity index (χ3n) is 6.90. The fraction of sp³-hybridized carbons (Fsp3) is 0.400. The van der Waals surface area contributed by atoms with E-state index < -0.39 is 0 Å². The van der Waals surface area contributed by atoms with Crippen LogP contribution in [0.15, 0.2) is 80.9 Å². The Morgan fingerprint density at radius 2 is 1.95 bits per heavy atom. The molecule has 0 radical (unpaired) electrons. The quantitative estimate of drug-likeness (QED) is 0.210. The molecule has 1 heterocycles. The predicted octanol–water partition coefficient (Wildman–Crippen LogP) is 7.46. The second-order valence-corrected chi connectivity index (χ2v) is 9.58. The molecule has 0 spiro atoms. The summed E-state index contributed by atoms with van der Waals surface area (Å²) >= 11 is 0. The third kappa shape index (κ3) is 6.94. The van der Waals surface area contributed by atoms with E-state index in [0.717, 1.165) is 40.3 Å². The van der Waals surface area contributed by atoms with Crippen LogP contribution in [0, 0.1) is 12.8 Å². The molecule has 1 aliphatic carbocycles. The largest absolute Gasteiger partial charge is 0.457 e. The van der Waals surface area contributed by atoms with Crippen LogP contribution in [-0.4, -0.2) is 31.2 Å². The Bertz CT molecular complexity index is 1190. The molecular weight excluding hydrogens is 460 g/mol. The molecule has 194 valence electrons. The SMILES string of the molecule is C=C(C/C=N\N1CN=CC(c2ccc(Oc3cc(CC)ccc3C)cc2)=C1C1CCCCC1)NN=NC. The minimum absolute atomic E-state index is 0.471. The Hall–Kier alpha value is -3.74. The van der Waals surface area contributed by atoms with E-state index in [9.17, 15) is 0 Å². The van der Waals surface area contributed by atoms with Crippen molar-refractivity contribution in [3.8, 4) is 11.5 Å². The zero-order chi connectivity index (χ0) is 26.0. The van der Waals surface area contributed by atoms with E-state index in [1.807, 2.05) is 24.6 Å². The molecule has 7 heteroatoms. The number of allylic oxidation sites excluding steroid dienone is 3. The maximum absolute atomic E-state index is 6.25. The lowest BCUT2D eigenvalue weighted by Gasteiger charge is -2.34. The summed E-state index contributed by atoms with van der Waals surface area (Å²) in [6, 6.07) is 14.8. The lowest BCUT2D eigenvalue weighted by atomic mass is 9.83. The van der Waals surface area contributed by atoms with Crippen LogP contribution < -0.4 is 10.2 Å². The van der Waals surface area contributed by atoms with Crippen molar-refractivity contribution in [1.29, 1.82) is 0 Å². The van der Waals surface area contributed by atoms with Gasteiger partial charge >= 0.3 is 0 Å². The average molecular weight is 499 g/mol. The lowest BCUT2D eigenvalue weighted by Crippen LogP contribution is -2.29. The fourth-order valence-electron chi connectivity index (χ4n) is 4.84. The molecule has 0 saturated heterocycles. The van der Waals surface area contributed by atoms with Gasteiger partial charge in [0.1, 0.15) is 18.2 Å². The van der Waals surface area contributed by atoms with Crippen LogP contribution in [0.2, 0.25) is 0 Å². The Labute approximate surface area is 220 Å². The molecule has 1 aliphatic heterocycles. The van der Waals surface area contributed by atoms with E-state index in [1.165, 1.54) is 43.4 Å². The summed E-state index contributed by atoms with van der Waals surface area (Å²) in [5, 5.41) is 14.3. The van der Waals surface area contributed by atoms with Crippen molar-refractivity contribution in [2.24, 2.45) is 26.3 Å². The number of aliphatic imine (C=N–C) groups is 1. The maximum Gasteiger partial charge on any atom is 0.131 e. The smallest absolute Gasteiger partial charge is 0.131 e. The highest BCUT2D eigenvalue weighted by Gasteiger charge is 2.27. The number of benzene rings is 2. The Morgan fingerprint density at radius 1 is 1.16 bits per heavy atom. The number of nitrogens with zero attached hydrogens (tertiary/aromatic N) is 5. The van der Waals surface area contributed by atoms with Crippen LogP contribution in [0.3, 0.4) is 0 Å². The summed E-state index contributed by atoms with van der Waals surface area (Å²) in [7, 11) is 1.62.